The molecule has 0 fully saturated rings. The first-order valence-corrected chi connectivity index (χ1v) is 8.67. The molecular weight excluding hydrogens is 318 g/mol. The zero-order chi connectivity index (χ0) is 15.5. The number of fused-ring (bicyclic) bond motifs is 1. The third-order valence-corrected chi connectivity index (χ3v) is 5.36. The van der Waals surface area contributed by atoms with Crippen LogP contribution in [0.4, 0.5) is 0 Å². The molecule has 6 heteroatoms. The maximum atomic E-state index is 11.9. The van der Waals surface area contributed by atoms with Gasteiger partial charge in [0.05, 0.1) is 6.42 Å². The fraction of sp³-hybridized carbons (Fsp3) is 0.250. The summed E-state index contributed by atoms with van der Waals surface area (Å²) < 4.78 is 8.12. The number of thiazole rings is 1. The summed E-state index contributed by atoms with van der Waals surface area (Å²) in [6, 6.07) is 8.06. The molecule has 0 saturated heterocycles. The Labute approximate surface area is 135 Å². The highest BCUT2D eigenvalue weighted by Gasteiger charge is 2.09. The molecule has 3 aromatic rings. The molecule has 0 bridgehead atoms. The minimum atomic E-state index is -0.284. The lowest BCUT2D eigenvalue weighted by molar-refractivity contribution is -0.145. The van der Waals surface area contributed by atoms with Gasteiger partial charge in [0.1, 0.15) is 6.61 Å². The number of hydrogen-bond donors (Lipinski definition) is 0. The second-order valence-corrected chi connectivity index (χ2v) is 6.69. The first kappa shape index (κ1) is 15.0. The molecule has 114 valence electrons. The molecule has 0 N–H and O–H groups in total. The number of nitrogens with zero attached hydrogens (tertiary/aromatic N) is 1. The minimum absolute atomic E-state index is 0.0332. The lowest BCUT2D eigenvalue weighted by Crippen LogP contribution is -2.17. The number of aromatic nitrogens is 1. The van der Waals surface area contributed by atoms with Crippen LogP contribution in [0.1, 0.15) is 17.7 Å². The number of carbonyl (C=O) groups excluding carboxylic acids is 1. The highest BCUT2D eigenvalue weighted by Crippen LogP contribution is 2.26. The van der Waals surface area contributed by atoms with Crippen LogP contribution in [0.3, 0.4) is 0 Å². The van der Waals surface area contributed by atoms with E-state index in [9.17, 15) is 9.59 Å². The van der Waals surface area contributed by atoms with Gasteiger partial charge in [0.25, 0.3) is 0 Å². The predicted molar refractivity (Wildman–Crippen MR) is 89.6 cm³/mol. The molecule has 1 aromatic carbocycles. The summed E-state index contributed by atoms with van der Waals surface area (Å²) in [5.74, 6) is -0.284. The van der Waals surface area contributed by atoms with Gasteiger partial charge in [-0.15, -0.1) is 11.3 Å². The molecule has 0 saturated carbocycles. The van der Waals surface area contributed by atoms with Gasteiger partial charge in [-0.3, -0.25) is 9.59 Å². The second kappa shape index (κ2) is 6.46. The molecule has 0 unspecified atom stereocenters. The first-order chi connectivity index (χ1) is 10.6. The SMILES string of the molecule is Cc1csc(=O)n1CCC(=O)OCc1csc2ccccc12. The second-order valence-electron chi connectivity index (χ2n) is 4.96. The molecule has 3 rings (SSSR count). The molecule has 0 amide bonds. The molecule has 0 radical (unpaired) electrons. The normalized spacial score (nSPS) is 11.0. The van der Waals surface area contributed by atoms with Crippen LogP contribution < -0.4 is 4.87 Å². The number of rotatable bonds is 5. The van der Waals surface area contributed by atoms with Crippen molar-refractivity contribution >= 4 is 38.7 Å². The summed E-state index contributed by atoms with van der Waals surface area (Å²) in [5, 5.41) is 4.95. The number of ether oxygens (including phenoxy) is 1. The van der Waals surface area contributed by atoms with E-state index >= 15 is 0 Å². The van der Waals surface area contributed by atoms with Gasteiger partial charge < -0.3 is 9.30 Å². The Morgan fingerprint density at radius 2 is 2.05 bits per heavy atom. The molecule has 22 heavy (non-hydrogen) atoms. The quantitative estimate of drug-likeness (QED) is 0.671. The van der Waals surface area contributed by atoms with E-state index in [1.165, 1.54) is 4.70 Å². The molecule has 0 atom stereocenters. The van der Waals surface area contributed by atoms with Crippen LogP contribution in [-0.2, 0) is 22.7 Å². The van der Waals surface area contributed by atoms with Crippen molar-refractivity contribution in [3.05, 3.63) is 56.0 Å². The van der Waals surface area contributed by atoms with Crippen LogP contribution in [0.25, 0.3) is 10.1 Å². The molecule has 4 nitrogen and oxygen atoms in total. The molecule has 2 heterocycles. The maximum Gasteiger partial charge on any atom is 0.307 e. The van der Waals surface area contributed by atoms with Crippen molar-refractivity contribution in [1.29, 1.82) is 0 Å². The van der Waals surface area contributed by atoms with Gasteiger partial charge in [0.2, 0.25) is 0 Å². The van der Waals surface area contributed by atoms with Gasteiger partial charge in [-0.05, 0) is 23.8 Å². The minimum Gasteiger partial charge on any atom is -0.461 e. The highest BCUT2D eigenvalue weighted by atomic mass is 32.1. The Hall–Kier alpha value is -1.92. The van der Waals surface area contributed by atoms with E-state index in [4.69, 9.17) is 4.74 Å². The van der Waals surface area contributed by atoms with Crippen molar-refractivity contribution in [3.63, 3.8) is 0 Å². The average molecular weight is 333 g/mol. The van der Waals surface area contributed by atoms with Crippen molar-refractivity contribution in [3.8, 4) is 0 Å². The Morgan fingerprint density at radius 1 is 1.23 bits per heavy atom. The van der Waals surface area contributed by atoms with Gasteiger partial charge in [-0.2, -0.15) is 0 Å². The van der Waals surface area contributed by atoms with Crippen LogP contribution in [-0.4, -0.2) is 10.5 Å². The molecule has 2 aromatic heterocycles. The Balaban J connectivity index is 1.58. The van der Waals surface area contributed by atoms with Crippen LogP contribution in [0.2, 0.25) is 0 Å². The van der Waals surface area contributed by atoms with E-state index in [0.29, 0.717) is 6.54 Å². The van der Waals surface area contributed by atoms with Gasteiger partial charge in [0.15, 0.2) is 0 Å². The number of carbonyl (C=O) groups is 1. The van der Waals surface area contributed by atoms with Gasteiger partial charge >= 0.3 is 10.8 Å². The number of aryl methyl sites for hydroxylation is 1. The summed E-state index contributed by atoms with van der Waals surface area (Å²) in [6.45, 7) is 2.51. The summed E-state index contributed by atoms with van der Waals surface area (Å²) in [4.78, 5) is 23.4. The smallest absolute Gasteiger partial charge is 0.307 e. The van der Waals surface area contributed by atoms with Crippen molar-refractivity contribution in [2.75, 3.05) is 0 Å². The van der Waals surface area contributed by atoms with E-state index in [1.54, 1.807) is 21.3 Å². The zero-order valence-corrected chi connectivity index (χ0v) is 13.7. The van der Waals surface area contributed by atoms with Gasteiger partial charge in [0, 0.05) is 27.9 Å². The summed E-state index contributed by atoms with van der Waals surface area (Å²) in [6.07, 6.45) is 0.208. The largest absolute Gasteiger partial charge is 0.461 e. The fourth-order valence-corrected chi connectivity index (χ4v) is 3.96. The predicted octanol–water partition coefficient (Wildman–Crippen LogP) is 3.57. The topological polar surface area (TPSA) is 48.3 Å². The van der Waals surface area contributed by atoms with Crippen LogP contribution in [0, 0.1) is 6.92 Å². The standard InChI is InChI=1S/C16H15NO3S2/c1-11-9-22-16(19)17(11)7-6-15(18)20-8-12-10-21-14-5-3-2-4-13(12)14/h2-5,9-10H,6-8H2,1H3. The molecule has 0 aliphatic carbocycles. The molecular formula is C16H15NO3S2. The van der Waals surface area contributed by atoms with Gasteiger partial charge in [-0.1, -0.05) is 29.5 Å². The van der Waals surface area contributed by atoms with E-state index in [0.717, 1.165) is 28.0 Å². The average Bonchev–Trinajstić information content (AvgIpc) is 3.07. The number of hydrogen-bond acceptors (Lipinski definition) is 5. The third kappa shape index (κ3) is 3.13. The van der Waals surface area contributed by atoms with E-state index in [1.807, 2.05) is 30.5 Å². The molecule has 0 aliphatic rings. The summed E-state index contributed by atoms with van der Waals surface area (Å²) >= 11 is 2.80. The van der Waals surface area contributed by atoms with Crippen LogP contribution in [0.5, 0.6) is 0 Å². The molecule has 0 spiro atoms. The zero-order valence-electron chi connectivity index (χ0n) is 12.1. The Bertz CT molecular complexity index is 860. The lowest BCUT2D eigenvalue weighted by atomic mass is 10.2. The van der Waals surface area contributed by atoms with Gasteiger partial charge in [-0.25, -0.2) is 0 Å². The summed E-state index contributed by atoms with van der Waals surface area (Å²) in [5.41, 5.74) is 1.91. The molecule has 0 aliphatic heterocycles. The van der Waals surface area contributed by atoms with E-state index < -0.39 is 0 Å². The van der Waals surface area contributed by atoms with Crippen molar-refractivity contribution in [2.45, 2.75) is 26.5 Å². The third-order valence-electron chi connectivity index (χ3n) is 3.47. The van der Waals surface area contributed by atoms with Crippen molar-refractivity contribution in [1.82, 2.24) is 4.57 Å². The highest BCUT2D eigenvalue weighted by molar-refractivity contribution is 7.17. The summed E-state index contributed by atoms with van der Waals surface area (Å²) in [7, 11) is 0. The van der Waals surface area contributed by atoms with Crippen molar-refractivity contribution < 1.29 is 9.53 Å². The monoisotopic (exact) mass is 333 g/mol. The van der Waals surface area contributed by atoms with Crippen LogP contribution in [0.15, 0.2) is 39.8 Å². The number of esters is 1. The van der Waals surface area contributed by atoms with E-state index in [2.05, 4.69) is 6.07 Å². The lowest BCUT2D eigenvalue weighted by Gasteiger charge is -2.06. The fourth-order valence-electron chi connectivity index (χ4n) is 2.25. The van der Waals surface area contributed by atoms with Crippen molar-refractivity contribution in [2.24, 2.45) is 0 Å². The van der Waals surface area contributed by atoms with Crippen LogP contribution >= 0.6 is 22.7 Å². The van der Waals surface area contributed by atoms with E-state index in [-0.39, 0.29) is 23.9 Å². The number of benzene rings is 1. The Kier molecular flexibility index (Phi) is 4.40. The first-order valence-electron chi connectivity index (χ1n) is 6.91. The maximum absolute atomic E-state index is 11.9. The Morgan fingerprint density at radius 3 is 2.82 bits per heavy atom. The number of thiophene rings is 1.